The summed E-state index contributed by atoms with van der Waals surface area (Å²) in [5, 5.41) is 8.62. The summed E-state index contributed by atoms with van der Waals surface area (Å²) in [5.41, 5.74) is 0.477. The summed E-state index contributed by atoms with van der Waals surface area (Å²) in [6.45, 7) is 0. The Hall–Kier alpha value is -2.02. The lowest BCUT2D eigenvalue weighted by Crippen LogP contribution is -2.14. The minimum absolute atomic E-state index is 0.384. The molecule has 4 heteroatoms. The van der Waals surface area contributed by atoms with Crippen molar-refractivity contribution < 1.29 is 13.2 Å². The van der Waals surface area contributed by atoms with Crippen LogP contribution < -0.4 is 0 Å². The number of hydrogen-bond acceptors (Lipinski definition) is 1. The summed E-state index contributed by atoms with van der Waals surface area (Å²) in [4.78, 5) is 0. The maximum Gasteiger partial charge on any atom is 0.416 e. The van der Waals surface area contributed by atoms with Gasteiger partial charge in [0.15, 0.2) is 0 Å². The molecule has 150 valence electrons. The van der Waals surface area contributed by atoms with E-state index in [1.54, 1.807) is 18.2 Å². The third-order valence-electron chi connectivity index (χ3n) is 6.40. The normalized spacial score (nSPS) is 29.2. The summed E-state index contributed by atoms with van der Waals surface area (Å²) in [7, 11) is 0. The molecule has 0 radical (unpaired) electrons. The third kappa shape index (κ3) is 5.74. The number of halogens is 3. The molecule has 0 spiro atoms. The van der Waals surface area contributed by atoms with Gasteiger partial charge in [0.25, 0.3) is 0 Å². The summed E-state index contributed by atoms with van der Waals surface area (Å²) < 4.78 is 38.1. The summed E-state index contributed by atoms with van der Waals surface area (Å²) >= 11 is 0. The number of benzene rings is 1. The lowest BCUT2D eigenvalue weighted by atomic mass is 9.77. The average molecular weight is 387 g/mol. The van der Waals surface area contributed by atoms with Crippen LogP contribution in [0.2, 0.25) is 0 Å². The number of rotatable bonds is 4. The third-order valence-corrected chi connectivity index (χ3v) is 6.40. The molecule has 3 rings (SSSR count). The van der Waals surface area contributed by atoms with Gasteiger partial charge in [0.05, 0.1) is 11.6 Å². The van der Waals surface area contributed by atoms with Crippen LogP contribution in [0.25, 0.3) is 0 Å². The van der Waals surface area contributed by atoms with E-state index in [4.69, 9.17) is 5.26 Å². The largest absolute Gasteiger partial charge is 0.416 e. The lowest BCUT2D eigenvalue weighted by molar-refractivity contribution is -0.137. The highest BCUT2D eigenvalue weighted by molar-refractivity contribution is 5.27. The second-order valence-corrected chi connectivity index (χ2v) is 8.28. The minimum atomic E-state index is -4.26. The first kappa shape index (κ1) is 20.7. The first-order chi connectivity index (χ1) is 13.5. The number of alkyl halides is 3. The van der Waals surface area contributed by atoms with Crippen LogP contribution in [0.5, 0.6) is 0 Å². The predicted molar refractivity (Wildman–Crippen MR) is 105 cm³/mol. The SMILES string of the molecule is N#CC=C[C@H]1CC[C@H](C=C[C@H]2CC[C@H](c3ccc(C(F)(F)F)cc3)CC2)CC1. The standard InChI is InChI=1S/C24H28F3N/c25-24(26,27)23-15-13-22(14-16-23)21-11-9-20(10-12-21)8-7-19-5-3-18(4-6-19)2-1-17-28/h1-2,7-8,13-16,18-21H,3-6,9-12H2/t18-,19-,20-,21-. The van der Waals surface area contributed by atoms with E-state index in [0.29, 0.717) is 23.7 Å². The van der Waals surface area contributed by atoms with Crippen molar-refractivity contribution in [3.05, 3.63) is 59.7 Å². The molecule has 0 bridgehead atoms. The zero-order valence-corrected chi connectivity index (χ0v) is 16.2. The summed E-state index contributed by atoms with van der Waals surface area (Å²) in [5.74, 6) is 2.19. The van der Waals surface area contributed by atoms with Crippen molar-refractivity contribution >= 4 is 0 Å². The Morgan fingerprint density at radius 2 is 1.21 bits per heavy atom. The van der Waals surface area contributed by atoms with Gasteiger partial charge in [-0.15, -0.1) is 0 Å². The molecule has 2 fully saturated rings. The topological polar surface area (TPSA) is 23.8 Å². The fourth-order valence-corrected chi connectivity index (χ4v) is 4.61. The van der Waals surface area contributed by atoms with Crippen LogP contribution in [0.4, 0.5) is 13.2 Å². The second kappa shape index (κ2) is 9.45. The Bertz CT molecular complexity index is 708. The van der Waals surface area contributed by atoms with E-state index >= 15 is 0 Å². The Kier molecular flexibility index (Phi) is 6.99. The van der Waals surface area contributed by atoms with Gasteiger partial charge in [0, 0.05) is 6.08 Å². The van der Waals surface area contributed by atoms with Crippen molar-refractivity contribution in [1.82, 2.24) is 0 Å². The Morgan fingerprint density at radius 3 is 1.68 bits per heavy atom. The molecule has 2 saturated carbocycles. The fourth-order valence-electron chi connectivity index (χ4n) is 4.61. The monoisotopic (exact) mass is 387 g/mol. The van der Waals surface area contributed by atoms with Gasteiger partial charge in [0.1, 0.15) is 0 Å². The molecule has 2 aliphatic carbocycles. The van der Waals surface area contributed by atoms with Crippen molar-refractivity contribution in [3.63, 3.8) is 0 Å². The van der Waals surface area contributed by atoms with Gasteiger partial charge in [-0.1, -0.05) is 30.4 Å². The molecular formula is C24H28F3N. The van der Waals surface area contributed by atoms with E-state index in [1.807, 2.05) is 6.08 Å². The maximum absolute atomic E-state index is 12.7. The van der Waals surface area contributed by atoms with Gasteiger partial charge in [-0.25, -0.2) is 0 Å². The van der Waals surface area contributed by atoms with Crippen LogP contribution in [0.3, 0.4) is 0 Å². The smallest absolute Gasteiger partial charge is 0.193 e. The molecule has 1 nitrogen and oxygen atoms in total. The average Bonchev–Trinajstić information content (AvgIpc) is 2.71. The minimum Gasteiger partial charge on any atom is -0.193 e. The van der Waals surface area contributed by atoms with E-state index in [-0.39, 0.29) is 0 Å². The molecule has 0 saturated heterocycles. The molecule has 1 aromatic rings. The zero-order chi connectivity index (χ0) is 20.0. The highest BCUT2D eigenvalue weighted by Crippen LogP contribution is 2.38. The first-order valence-electron chi connectivity index (χ1n) is 10.4. The van der Waals surface area contributed by atoms with Crippen molar-refractivity contribution in [1.29, 1.82) is 5.26 Å². The lowest BCUT2D eigenvalue weighted by Gasteiger charge is -2.28. The molecule has 0 N–H and O–H groups in total. The van der Waals surface area contributed by atoms with Crippen LogP contribution in [0, 0.1) is 29.1 Å². The Balaban J connectivity index is 1.44. The Morgan fingerprint density at radius 1 is 0.750 bits per heavy atom. The highest BCUT2D eigenvalue weighted by Gasteiger charge is 2.30. The zero-order valence-electron chi connectivity index (χ0n) is 16.2. The maximum atomic E-state index is 12.7. The van der Waals surface area contributed by atoms with Crippen molar-refractivity contribution in [2.75, 3.05) is 0 Å². The van der Waals surface area contributed by atoms with E-state index in [1.165, 1.54) is 25.0 Å². The molecule has 0 unspecified atom stereocenters. The highest BCUT2D eigenvalue weighted by atomic mass is 19.4. The fraction of sp³-hybridized carbons (Fsp3) is 0.542. The summed E-state index contributed by atoms with van der Waals surface area (Å²) in [6.07, 6.45) is 13.2. The van der Waals surface area contributed by atoms with Gasteiger partial charge in [0.2, 0.25) is 0 Å². The number of allylic oxidation sites excluding steroid dienone is 4. The van der Waals surface area contributed by atoms with Crippen LogP contribution in [-0.2, 0) is 6.18 Å². The number of nitrogens with zero attached hydrogens (tertiary/aromatic N) is 1. The van der Waals surface area contributed by atoms with Crippen LogP contribution in [0.15, 0.2) is 48.6 Å². The van der Waals surface area contributed by atoms with Gasteiger partial charge in [-0.2, -0.15) is 18.4 Å². The summed E-state index contributed by atoms with van der Waals surface area (Å²) in [6, 6.07) is 7.81. The van der Waals surface area contributed by atoms with Crippen molar-refractivity contribution in [2.45, 2.75) is 63.5 Å². The molecule has 0 atom stereocenters. The number of nitriles is 1. The van der Waals surface area contributed by atoms with E-state index in [0.717, 1.165) is 44.1 Å². The molecule has 28 heavy (non-hydrogen) atoms. The van der Waals surface area contributed by atoms with Crippen LogP contribution >= 0.6 is 0 Å². The molecule has 0 amide bonds. The molecule has 0 heterocycles. The van der Waals surface area contributed by atoms with Crippen LogP contribution in [-0.4, -0.2) is 0 Å². The van der Waals surface area contributed by atoms with Crippen molar-refractivity contribution in [2.24, 2.45) is 17.8 Å². The van der Waals surface area contributed by atoms with E-state index < -0.39 is 11.7 Å². The van der Waals surface area contributed by atoms with Crippen molar-refractivity contribution in [3.8, 4) is 6.07 Å². The molecule has 0 aromatic heterocycles. The van der Waals surface area contributed by atoms with Crippen LogP contribution in [0.1, 0.15) is 68.4 Å². The van der Waals surface area contributed by atoms with E-state index in [9.17, 15) is 13.2 Å². The number of hydrogen-bond donors (Lipinski definition) is 0. The Labute approximate surface area is 165 Å². The molecular weight excluding hydrogens is 359 g/mol. The quantitative estimate of drug-likeness (QED) is 0.389. The molecule has 1 aromatic carbocycles. The van der Waals surface area contributed by atoms with Gasteiger partial charge in [-0.05, 0) is 92.7 Å². The molecule has 2 aliphatic rings. The molecule has 0 aliphatic heterocycles. The van der Waals surface area contributed by atoms with E-state index in [2.05, 4.69) is 18.2 Å². The predicted octanol–water partition coefficient (Wildman–Crippen LogP) is 7.42. The first-order valence-corrected chi connectivity index (χ1v) is 10.4. The van der Waals surface area contributed by atoms with Gasteiger partial charge >= 0.3 is 6.18 Å². The van der Waals surface area contributed by atoms with Gasteiger partial charge in [-0.3, -0.25) is 0 Å². The second-order valence-electron chi connectivity index (χ2n) is 8.28. The van der Waals surface area contributed by atoms with Gasteiger partial charge < -0.3 is 0 Å².